The van der Waals surface area contributed by atoms with E-state index in [2.05, 4.69) is 15.9 Å². The molecule has 1 unspecified atom stereocenters. The minimum Gasteiger partial charge on any atom is -0.496 e. The molecular formula is C11H17BrClNO3. The molecule has 1 atom stereocenters. The van der Waals surface area contributed by atoms with Crippen LogP contribution >= 0.6 is 28.3 Å². The molecule has 0 aliphatic heterocycles. The van der Waals surface area contributed by atoms with Crippen LogP contribution < -0.4 is 15.2 Å². The van der Waals surface area contributed by atoms with Crippen molar-refractivity contribution in [3.8, 4) is 11.5 Å². The average Bonchev–Trinajstić information content (AvgIpc) is 2.31. The summed E-state index contributed by atoms with van der Waals surface area (Å²) in [5.74, 6) is 1.45. The van der Waals surface area contributed by atoms with Gasteiger partial charge in [-0.1, -0.05) is 0 Å². The first-order chi connectivity index (χ1) is 7.67. The van der Waals surface area contributed by atoms with Crippen molar-refractivity contribution in [1.29, 1.82) is 0 Å². The largest absolute Gasteiger partial charge is 0.496 e. The van der Waals surface area contributed by atoms with Crippen LogP contribution in [0.15, 0.2) is 16.6 Å². The molecule has 0 spiro atoms. The zero-order chi connectivity index (χ0) is 12.1. The molecule has 0 fully saturated rings. The van der Waals surface area contributed by atoms with E-state index in [1.807, 2.05) is 12.1 Å². The van der Waals surface area contributed by atoms with Crippen LogP contribution in [0.3, 0.4) is 0 Å². The third-order valence-electron chi connectivity index (χ3n) is 2.35. The smallest absolute Gasteiger partial charge is 0.133 e. The first kappa shape index (κ1) is 16.5. The number of benzene rings is 1. The van der Waals surface area contributed by atoms with Crippen LogP contribution in [0.4, 0.5) is 0 Å². The van der Waals surface area contributed by atoms with Gasteiger partial charge in [0.05, 0.1) is 24.8 Å². The summed E-state index contributed by atoms with van der Waals surface area (Å²) >= 11 is 3.40. The van der Waals surface area contributed by atoms with E-state index in [0.717, 1.165) is 21.5 Å². The summed E-state index contributed by atoms with van der Waals surface area (Å²) in [4.78, 5) is 0. The van der Waals surface area contributed by atoms with Gasteiger partial charge in [0, 0.05) is 19.2 Å². The van der Waals surface area contributed by atoms with Crippen molar-refractivity contribution in [3.05, 3.63) is 22.2 Å². The first-order valence-corrected chi connectivity index (χ1v) is 5.61. The predicted molar refractivity (Wildman–Crippen MR) is 73.3 cm³/mol. The lowest BCUT2D eigenvalue weighted by Gasteiger charge is -2.18. The van der Waals surface area contributed by atoms with Gasteiger partial charge in [-0.05, 0) is 28.1 Å². The van der Waals surface area contributed by atoms with Crippen molar-refractivity contribution in [1.82, 2.24) is 0 Å². The van der Waals surface area contributed by atoms with Crippen molar-refractivity contribution in [3.63, 3.8) is 0 Å². The van der Waals surface area contributed by atoms with Crippen molar-refractivity contribution in [2.24, 2.45) is 5.73 Å². The second-order valence-electron chi connectivity index (χ2n) is 3.19. The molecule has 17 heavy (non-hydrogen) atoms. The predicted octanol–water partition coefficient (Wildman–Crippen LogP) is 2.53. The highest BCUT2D eigenvalue weighted by Gasteiger charge is 2.17. The maximum absolute atomic E-state index is 5.64. The van der Waals surface area contributed by atoms with Gasteiger partial charge in [-0.3, -0.25) is 0 Å². The van der Waals surface area contributed by atoms with Crippen LogP contribution in [0.2, 0.25) is 0 Å². The fourth-order valence-corrected chi connectivity index (χ4v) is 1.97. The minimum atomic E-state index is -0.197. The second kappa shape index (κ2) is 7.76. The van der Waals surface area contributed by atoms with Crippen molar-refractivity contribution in [2.75, 3.05) is 27.9 Å². The van der Waals surface area contributed by atoms with E-state index >= 15 is 0 Å². The summed E-state index contributed by atoms with van der Waals surface area (Å²) in [5, 5.41) is 0. The molecule has 0 radical (unpaired) electrons. The lowest BCUT2D eigenvalue weighted by Crippen LogP contribution is -2.15. The van der Waals surface area contributed by atoms with Crippen molar-refractivity contribution in [2.45, 2.75) is 6.10 Å². The Hall–Kier alpha value is -0.490. The Morgan fingerprint density at radius 2 is 1.76 bits per heavy atom. The van der Waals surface area contributed by atoms with Crippen molar-refractivity contribution >= 4 is 28.3 Å². The van der Waals surface area contributed by atoms with Crippen LogP contribution in [-0.4, -0.2) is 27.9 Å². The van der Waals surface area contributed by atoms with Crippen LogP contribution in [0.5, 0.6) is 11.5 Å². The van der Waals surface area contributed by atoms with E-state index in [0.29, 0.717) is 6.54 Å². The molecule has 0 bridgehead atoms. The highest BCUT2D eigenvalue weighted by Crippen LogP contribution is 2.36. The number of methoxy groups -OCH3 is 3. The fourth-order valence-electron chi connectivity index (χ4n) is 1.49. The Bertz CT molecular complexity index is 359. The molecule has 1 aromatic rings. The molecule has 1 rings (SSSR count). The second-order valence-corrected chi connectivity index (χ2v) is 4.04. The normalized spacial score (nSPS) is 11.6. The van der Waals surface area contributed by atoms with Gasteiger partial charge in [0.15, 0.2) is 0 Å². The molecule has 4 nitrogen and oxygen atoms in total. The molecule has 1 aromatic carbocycles. The Labute approximate surface area is 116 Å². The lowest BCUT2D eigenvalue weighted by molar-refractivity contribution is 0.108. The van der Waals surface area contributed by atoms with Gasteiger partial charge < -0.3 is 19.9 Å². The van der Waals surface area contributed by atoms with Gasteiger partial charge in [0.2, 0.25) is 0 Å². The van der Waals surface area contributed by atoms with Crippen molar-refractivity contribution < 1.29 is 14.2 Å². The quantitative estimate of drug-likeness (QED) is 0.903. The summed E-state index contributed by atoms with van der Waals surface area (Å²) in [6, 6.07) is 3.71. The fraction of sp³-hybridized carbons (Fsp3) is 0.455. The molecule has 0 aliphatic carbocycles. The van der Waals surface area contributed by atoms with Gasteiger partial charge in [0.25, 0.3) is 0 Å². The molecule has 0 saturated carbocycles. The Balaban J connectivity index is 0.00000256. The van der Waals surface area contributed by atoms with Crippen LogP contribution in [0.25, 0.3) is 0 Å². The number of ether oxygens (including phenoxy) is 3. The maximum atomic E-state index is 5.64. The molecule has 6 heteroatoms. The molecule has 2 N–H and O–H groups in total. The molecule has 0 aliphatic rings. The lowest BCUT2D eigenvalue weighted by atomic mass is 10.1. The highest BCUT2D eigenvalue weighted by molar-refractivity contribution is 9.10. The Morgan fingerprint density at radius 1 is 1.18 bits per heavy atom. The molecule has 98 valence electrons. The number of hydrogen-bond donors (Lipinski definition) is 1. The molecular weight excluding hydrogens is 309 g/mol. The van der Waals surface area contributed by atoms with Crippen LogP contribution in [-0.2, 0) is 4.74 Å². The van der Waals surface area contributed by atoms with Gasteiger partial charge in [-0.15, -0.1) is 12.4 Å². The Morgan fingerprint density at radius 3 is 2.18 bits per heavy atom. The van der Waals surface area contributed by atoms with Crippen LogP contribution in [0, 0.1) is 0 Å². The average molecular weight is 327 g/mol. The SMILES string of the molecule is COc1cc(C(CN)OC)c(OC)cc1Br.Cl. The zero-order valence-corrected chi connectivity index (χ0v) is 12.4. The number of hydrogen-bond acceptors (Lipinski definition) is 4. The van der Waals surface area contributed by atoms with E-state index < -0.39 is 0 Å². The third kappa shape index (κ3) is 3.74. The molecule has 0 heterocycles. The molecule has 0 aromatic heterocycles. The van der Waals surface area contributed by atoms with E-state index in [1.54, 1.807) is 21.3 Å². The van der Waals surface area contributed by atoms with E-state index in [4.69, 9.17) is 19.9 Å². The summed E-state index contributed by atoms with van der Waals surface area (Å²) in [6.07, 6.45) is -0.197. The third-order valence-corrected chi connectivity index (χ3v) is 2.97. The van der Waals surface area contributed by atoms with Gasteiger partial charge in [0.1, 0.15) is 11.5 Å². The molecule has 0 saturated heterocycles. The monoisotopic (exact) mass is 325 g/mol. The minimum absolute atomic E-state index is 0. The molecule has 0 amide bonds. The highest BCUT2D eigenvalue weighted by atomic mass is 79.9. The standard InChI is InChI=1S/C11H16BrNO3.ClH/c1-14-9-5-8(12)10(15-2)4-7(9)11(6-13)16-3;/h4-5,11H,6,13H2,1-3H3;1H. The summed E-state index contributed by atoms with van der Waals surface area (Å²) < 4.78 is 16.6. The summed E-state index contributed by atoms with van der Waals surface area (Å²) in [5.41, 5.74) is 6.52. The maximum Gasteiger partial charge on any atom is 0.133 e. The van der Waals surface area contributed by atoms with E-state index in [9.17, 15) is 0 Å². The topological polar surface area (TPSA) is 53.7 Å². The van der Waals surface area contributed by atoms with Gasteiger partial charge in [-0.2, -0.15) is 0 Å². The number of nitrogens with two attached hydrogens (primary N) is 1. The number of rotatable bonds is 5. The van der Waals surface area contributed by atoms with E-state index in [1.165, 1.54) is 0 Å². The summed E-state index contributed by atoms with van der Waals surface area (Å²) in [6.45, 7) is 0.387. The first-order valence-electron chi connectivity index (χ1n) is 4.82. The number of halogens is 2. The zero-order valence-electron chi connectivity index (χ0n) is 10.0. The van der Waals surface area contributed by atoms with E-state index in [-0.39, 0.29) is 18.5 Å². The Kier molecular flexibility index (Phi) is 7.54. The van der Waals surface area contributed by atoms with Gasteiger partial charge >= 0.3 is 0 Å². The van der Waals surface area contributed by atoms with Crippen LogP contribution in [0.1, 0.15) is 11.7 Å². The summed E-state index contributed by atoms with van der Waals surface area (Å²) in [7, 11) is 4.84. The van der Waals surface area contributed by atoms with Gasteiger partial charge in [-0.25, -0.2) is 0 Å².